The first-order chi connectivity index (χ1) is 9.20. The Kier molecular flexibility index (Phi) is 4.83. The lowest BCUT2D eigenvalue weighted by atomic mass is 9.80. The molecule has 1 saturated carbocycles. The van der Waals surface area contributed by atoms with Crippen LogP contribution in [-0.4, -0.2) is 28.6 Å². The molecule has 3 N–H and O–H groups in total. The summed E-state index contributed by atoms with van der Waals surface area (Å²) in [6.45, 7) is 4.82. The first kappa shape index (κ1) is 14.4. The molecule has 0 heterocycles. The predicted octanol–water partition coefficient (Wildman–Crippen LogP) is 2.88. The smallest absolute Gasteiger partial charge is 0.115 e. The summed E-state index contributed by atoms with van der Waals surface area (Å²) < 4.78 is 0. The molecule has 0 aromatic heterocycles. The SMILES string of the molecule is CCN(Cc1cccc(O)c1)C1(CN)CCCCC1. The zero-order chi connectivity index (χ0) is 13.7. The Morgan fingerprint density at radius 2 is 2.00 bits per heavy atom. The van der Waals surface area contributed by atoms with Gasteiger partial charge in [-0.25, -0.2) is 0 Å². The molecule has 1 aliphatic rings. The van der Waals surface area contributed by atoms with E-state index in [1.165, 1.54) is 37.7 Å². The van der Waals surface area contributed by atoms with Crippen LogP contribution in [0.4, 0.5) is 0 Å². The number of hydrogen-bond acceptors (Lipinski definition) is 3. The van der Waals surface area contributed by atoms with E-state index in [0.717, 1.165) is 19.6 Å². The fourth-order valence-electron chi connectivity index (χ4n) is 3.35. The van der Waals surface area contributed by atoms with Crippen molar-refractivity contribution in [3.63, 3.8) is 0 Å². The van der Waals surface area contributed by atoms with Crippen LogP contribution in [-0.2, 0) is 6.54 Å². The number of aromatic hydroxyl groups is 1. The normalized spacial score (nSPS) is 18.7. The highest BCUT2D eigenvalue weighted by Gasteiger charge is 2.35. The van der Waals surface area contributed by atoms with Gasteiger partial charge in [0.15, 0.2) is 0 Å². The molecule has 1 aliphatic carbocycles. The lowest BCUT2D eigenvalue weighted by molar-refractivity contribution is 0.0546. The maximum absolute atomic E-state index is 9.59. The summed E-state index contributed by atoms with van der Waals surface area (Å²) in [6.07, 6.45) is 6.32. The van der Waals surface area contributed by atoms with Crippen molar-refractivity contribution in [1.29, 1.82) is 0 Å². The highest BCUT2D eigenvalue weighted by molar-refractivity contribution is 5.27. The van der Waals surface area contributed by atoms with Gasteiger partial charge in [0.1, 0.15) is 5.75 Å². The topological polar surface area (TPSA) is 49.5 Å². The molecule has 0 spiro atoms. The largest absolute Gasteiger partial charge is 0.508 e. The minimum atomic E-state index is 0.165. The summed E-state index contributed by atoms with van der Waals surface area (Å²) in [5.41, 5.74) is 7.44. The lowest BCUT2D eigenvalue weighted by Crippen LogP contribution is -2.54. The average molecular weight is 262 g/mol. The zero-order valence-corrected chi connectivity index (χ0v) is 11.9. The van der Waals surface area contributed by atoms with Crippen molar-refractivity contribution in [2.45, 2.75) is 51.1 Å². The van der Waals surface area contributed by atoms with Gasteiger partial charge in [-0.1, -0.05) is 38.3 Å². The van der Waals surface area contributed by atoms with Crippen LogP contribution >= 0.6 is 0 Å². The monoisotopic (exact) mass is 262 g/mol. The number of nitrogens with two attached hydrogens (primary N) is 1. The third-order valence-corrected chi connectivity index (χ3v) is 4.50. The quantitative estimate of drug-likeness (QED) is 0.858. The fourth-order valence-corrected chi connectivity index (χ4v) is 3.35. The van der Waals surface area contributed by atoms with E-state index in [1.807, 2.05) is 12.1 Å². The van der Waals surface area contributed by atoms with Crippen LogP contribution in [0.15, 0.2) is 24.3 Å². The fraction of sp³-hybridized carbons (Fsp3) is 0.625. The van der Waals surface area contributed by atoms with E-state index in [-0.39, 0.29) is 5.54 Å². The average Bonchev–Trinajstić information content (AvgIpc) is 2.45. The second-order valence-corrected chi connectivity index (χ2v) is 5.67. The molecule has 19 heavy (non-hydrogen) atoms. The Morgan fingerprint density at radius 3 is 2.58 bits per heavy atom. The van der Waals surface area contributed by atoms with E-state index in [9.17, 15) is 5.11 Å². The second kappa shape index (κ2) is 6.40. The molecule has 0 aliphatic heterocycles. The van der Waals surface area contributed by atoms with Gasteiger partial charge in [-0.15, -0.1) is 0 Å². The van der Waals surface area contributed by atoms with Crippen LogP contribution in [0.25, 0.3) is 0 Å². The van der Waals surface area contributed by atoms with Gasteiger partial charge in [-0.2, -0.15) is 0 Å². The predicted molar refractivity (Wildman–Crippen MR) is 79.1 cm³/mol. The molecule has 106 valence electrons. The third-order valence-electron chi connectivity index (χ3n) is 4.50. The van der Waals surface area contributed by atoms with E-state index in [2.05, 4.69) is 17.9 Å². The molecule has 0 amide bonds. The molecule has 0 atom stereocenters. The van der Waals surface area contributed by atoms with E-state index < -0.39 is 0 Å². The van der Waals surface area contributed by atoms with E-state index in [4.69, 9.17) is 5.73 Å². The van der Waals surface area contributed by atoms with Crippen molar-refractivity contribution in [2.75, 3.05) is 13.1 Å². The number of hydrogen-bond donors (Lipinski definition) is 2. The molecule has 0 saturated heterocycles. The van der Waals surface area contributed by atoms with Gasteiger partial charge in [0.05, 0.1) is 0 Å². The van der Waals surface area contributed by atoms with E-state index in [1.54, 1.807) is 6.07 Å². The molecule has 3 heteroatoms. The maximum atomic E-state index is 9.59. The highest BCUT2D eigenvalue weighted by Crippen LogP contribution is 2.34. The summed E-state index contributed by atoms with van der Waals surface area (Å²) in [4.78, 5) is 2.50. The number of benzene rings is 1. The minimum absolute atomic E-state index is 0.165. The van der Waals surface area contributed by atoms with Crippen molar-refractivity contribution in [1.82, 2.24) is 4.90 Å². The van der Waals surface area contributed by atoms with Gasteiger partial charge in [0, 0.05) is 18.6 Å². The molecule has 0 radical (unpaired) electrons. The Labute approximate surface area is 116 Å². The van der Waals surface area contributed by atoms with Gasteiger partial charge >= 0.3 is 0 Å². The molecule has 3 nitrogen and oxygen atoms in total. The Balaban J connectivity index is 2.14. The van der Waals surface area contributed by atoms with Crippen molar-refractivity contribution in [2.24, 2.45) is 5.73 Å². The summed E-state index contributed by atoms with van der Waals surface area (Å²) in [6, 6.07) is 7.57. The molecule has 1 fully saturated rings. The molecule has 2 rings (SSSR count). The van der Waals surface area contributed by atoms with Gasteiger partial charge in [-0.3, -0.25) is 4.90 Å². The van der Waals surface area contributed by atoms with Crippen LogP contribution in [0.1, 0.15) is 44.6 Å². The Bertz CT molecular complexity index is 399. The third kappa shape index (κ3) is 3.28. The van der Waals surface area contributed by atoms with Crippen LogP contribution in [0, 0.1) is 0 Å². The van der Waals surface area contributed by atoms with Crippen molar-refractivity contribution in [3.8, 4) is 5.75 Å². The maximum Gasteiger partial charge on any atom is 0.115 e. The van der Waals surface area contributed by atoms with E-state index >= 15 is 0 Å². The van der Waals surface area contributed by atoms with Gasteiger partial charge < -0.3 is 10.8 Å². The molecule has 0 bridgehead atoms. The van der Waals surface area contributed by atoms with Gasteiger partial charge in [0.2, 0.25) is 0 Å². The van der Waals surface area contributed by atoms with Crippen LogP contribution in [0.3, 0.4) is 0 Å². The van der Waals surface area contributed by atoms with Crippen molar-refractivity contribution in [3.05, 3.63) is 29.8 Å². The molecule has 0 unspecified atom stereocenters. The lowest BCUT2D eigenvalue weighted by Gasteiger charge is -2.45. The number of phenols is 1. The molecular formula is C16H26N2O. The van der Waals surface area contributed by atoms with Crippen LogP contribution in [0.5, 0.6) is 5.75 Å². The zero-order valence-electron chi connectivity index (χ0n) is 11.9. The molecule has 1 aromatic rings. The van der Waals surface area contributed by atoms with Crippen LogP contribution in [0.2, 0.25) is 0 Å². The van der Waals surface area contributed by atoms with Gasteiger partial charge in [0.25, 0.3) is 0 Å². The number of rotatable bonds is 5. The first-order valence-electron chi connectivity index (χ1n) is 7.43. The number of phenolic OH excluding ortho intramolecular Hbond substituents is 1. The summed E-state index contributed by atoms with van der Waals surface area (Å²) in [5, 5.41) is 9.59. The number of nitrogens with zero attached hydrogens (tertiary/aromatic N) is 1. The Morgan fingerprint density at radius 1 is 1.26 bits per heavy atom. The van der Waals surface area contributed by atoms with Crippen molar-refractivity contribution < 1.29 is 5.11 Å². The minimum Gasteiger partial charge on any atom is -0.508 e. The van der Waals surface area contributed by atoms with Crippen molar-refractivity contribution >= 4 is 0 Å². The van der Waals surface area contributed by atoms with E-state index in [0.29, 0.717) is 5.75 Å². The first-order valence-corrected chi connectivity index (χ1v) is 7.43. The Hall–Kier alpha value is -1.06. The molecular weight excluding hydrogens is 236 g/mol. The van der Waals surface area contributed by atoms with Gasteiger partial charge in [-0.05, 0) is 37.1 Å². The highest BCUT2D eigenvalue weighted by atomic mass is 16.3. The number of likely N-dealkylation sites (N-methyl/N-ethyl adjacent to an activating group) is 1. The standard InChI is InChI=1S/C16H26N2O/c1-2-18(12-14-7-6-8-15(19)11-14)16(13-17)9-4-3-5-10-16/h6-8,11,19H,2-5,9-10,12-13,17H2,1H3. The summed E-state index contributed by atoms with van der Waals surface area (Å²) in [7, 11) is 0. The molecule has 1 aromatic carbocycles. The summed E-state index contributed by atoms with van der Waals surface area (Å²) in [5.74, 6) is 0.346. The van der Waals surface area contributed by atoms with Crippen LogP contribution < -0.4 is 5.73 Å². The second-order valence-electron chi connectivity index (χ2n) is 5.67. The summed E-state index contributed by atoms with van der Waals surface area (Å²) >= 11 is 0.